The topological polar surface area (TPSA) is 40.5 Å². The van der Waals surface area contributed by atoms with Crippen LogP contribution in [-0.4, -0.2) is 22.4 Å². The molecule has 0 aliphatic heterocycles. The van der Waals surface area contributed by atoms with E-state index in [1.807, 2.05) is 13.0 Å². The number of allylic oxidation sites excluding steroid dienone is 2. The Labute approximate surface area is 166 Å². The van der Waals surface area contributed by atoms with Crippen molar-refractivity contribution in [3.8, 4) is 0 Å². The maximum atomic E-state index is 10.5. The first-order valence-electron chi connectivity index (χ1n) is 11.5. The van der Waals surface area contributed by atoms with Gasteiger partial charge >= 0.3 is 0 Å². The molecular formula is C25H40O2. The molecule has 0 bridgehead atoms. The van der Waals surface area contributed by atoms with E-state index < -0.39 is 0 Å². The Morgan fingerprint density at radius 2 is 1.96 bits per heavy atom. The minimum atomic E-state index is -0.239. The summed E-state index contributed by atoms with van der Waals surface area (Å²) in [7, 11) is 0. The molecule has 0 radical (unpaired) electrons. The molecule has 4 rings (SSSR count). The van der Waals surface area contributed by atoms with Crippen LogP contribution in [0.3, 0.4) is 0 Å². The number of fused-ring (bicyclic) bond motifs is 5. The predicted octanol–water partition coefficient (Wildman–Crippen LogP) is 5.50. The number of hydrogen-bond acceptors (Lipinski definition) is 2. The van der Waals surface area contributed by atoms with E-state index in [-0.39, 0.29) is 12.2 Å². The van der Waals surface area contributed by atoms with Crippen molar-refractivity contribution in [2.45, 2.75) is 90.8 Å². The van der Waals surface area contributed by atoms with Crippen molar-refractivity contribution in [1.82, 2.24) is 0 Å². The summed E-state index contributed by atoms with van der Waals surface area (Å²) in [6, 6.07) is 0. The highest BCUT2D eigenvalue weighted by Gasteiger charge is 2.59. The number of rotatable bonds is 4. The van der Waals surface area contributed by atoms with E-state index in [1.54, 1.807) is 5.57 Å². The molecule has 27 heavy (non-hydrogen) atoms. The Balaban J connectivity index is 1.61. The quantitative estimate of drug-likeness (QED) is 0.640. The second kappa shape index (κ2) is 7.02. The molecule has 9 atom stereocenters. The summed E-state index contributed by atoms with van der Waals surface area (Å²) in [6.45, 7) is 11.0. The van der Waals surface area contributed by atoms with Crippen LogP contribution in [0.4, 0.5) is 0 Å². The van der Waals surface area contributed by atoms with Gasteiger partial charge < -0.3 is 10.2 Å². The molecule has 0 spiro atoms. The summed E-state index contributed by atoms with van der Waals surface area (Å²) in [4.78, 5) is 0. The monoisotopic (exact) mass is 372 g/mol. The lowest BCUT2D eigenvalue weighted by molar-refractivity contribution is -0.0676. The third kappa shape index (κ3) is 2.97. The first kappa shape index (κ1) is 19.7. The number of aliphatic hydroxyl groups excluding tert-OH is 2. The summed E-state index contributed by atoms with van der Waals surface area (Å²) < 4.78 is 0. The lowest BCUT2D eigenvalue weighted by Crippen LogP contribution is -2.51. The Morgan fingerprint density at radius 1 is 1.19 bits per heavy atom. The smallest absolute Gasteiger partial charge is 0.0577 e. The van der Waals surface area contributed by atoms with E-state index in [0.717, 1.165) is 37.0 Å². The molecule has 0 amide bonds. The molecule has 0 aromatic rings. The highest BCUT2D eigenvalue weighted by Crippen LogP contribution is 2.67. The van der Waals surface area contributed by atoms with Crippen molar-refractivity contribution in [2.24, 2.45) is 40.4 Å². The first-order chi connectivity index (χ1) is 12.8. The van der Waals surface area contributed by atoms with Gasteiger partial charge in [-0.15, -0.1) is 6.58 Å². The molecule has 2 N–H and O–H groups in total. The van der Waals surface area contributed by atoms with Gasteiger partial charge in [-0.2, -0.15) is 0 Å². The van der Waals surface area contributed by atoms with Gasteiger partial charge in [-0.1, -0.05) is 31.6 Å². The second-order valence-corrected chi connectivity index (χ2v) is 10.8. The molecule has 2 heteroatoms. The fraction of sp³-hybridized carbons (Fsp3) is 0.840. The molecular weight excluding hydrogens is 332 g/mol. The van der Waals surface area contributed by atoms with Crippen LogP contribution in [-0.2, 0) is 0 Å². The lowest BCUT2D eigenvalue weighted by Gasteiger charge is -2.58. The van der Waals surface area contributed by atoms with Crippen LogP contribution in [0.1, 0.15) is 78.6 Å². The Hall–Kier alpha value is -0.600. The van der Waals surface area contributed by atoms with Crippen molar-refractivity contribution in [3.05, 3.63) is 24.3 Å². The van der Waals surface area contributed by atoms with E-state index in [2.05, 4.69) is 26.5 Å². The van der Waals surface area contributed by atoms with Gasteiger partial charge in [0.2, 0.25) is 0 Å². The van der Waals surface area contributed by atoms with Gasteiger partial charge in [0.25, 0.3) is 0 Å². The summed E-state index contributed by atoms with van der Waals surface area (Å²) >= 11 is 0. The van der Waals surface area contributed by atoms with Gasteiger partial charge in [-0.25, -0.2) is 0 Å². The van der Waals surface area contributed by atoms with E-state index in [1.165, 1.54) is 38.5 Å². The van der Waals surface area contributed by atoms with E-state index in [4.69, 9.17) is 0 Å². The fourth-order valence-corrected chi connectivity index (χ4v) is 8.28. The normalized spacial score (nSPS) is 48.6. The van der Waals surface area contributed by atoms with E-state index in [0.29, 0.717) is 22.7 Å². The molecule has 0 aromatic heterocycles. The van der Waals surface area contributed by atoms with Crippen molar-refractivity contribution >= 4 is 0 Å². The van der Waals surface area contributed by atoms with Gasteiger partial charge in [0.05, 0.1) is 12.2 Å². The molecule has 0 aromatic carbocycles. The largest absolute Gasteiger partial charge is 0.393 e. The summed E-state index contributed by atoms with van der Waals surface area (Å²) in [5, 5.41) is 20.7. The molecule has 4 aliphatic carbocycles. The fourth-order valence-electron chi connectivity index (χ4n) is 8.28. The zero-order valence-electron chi connectivity index (χ0n) is 17.7. The Bertz CT molecular complexity index is 607. The number of hydrogen-bond donors (Lipinski definition) is 2. The predicted molar refractivity (Wildman–Crippen MR) is 111 cm³/mol. The van der Waals surface area contributed by atoms with Gasteiger partial charge in [-0.3, -0.25) is 0 Å². The van der Waals surface area contributed by atoms with Crippen LogP contribution in [0.25, 0.3) is 0 Å². The Kier molecular flexibility index (Phi) is 5.13. The van der Waals surface area contributed by atoms with Gasteiger partial charge in [0.1, 0.15) is 0 Å². The average Bonchev–Trinajstić information content (AvgIpc) is 2.97. The molecule has 3 saturated carbocycles. The second-order valence-electron chi connectivity index (χ2n) is 10.8. The maximum absolute atomic E-state index is 10.5. The van der Waals surface area contributed by atoms with Crippen LogP contribution in [0.5, 0.6) is 0 Å². The molecule has 2 nitrogen and oxygen atoms in total. The maximum Gasteiger partial charge on any atom is 0.0577 e. The van der Waals surface area contributed by atoms with Crippen molar-refractivity contribution in [1.29, 1.82) is 0 Å². The molecule has 0 heterocycles. The lowest BCUT2D eigenvalue weighted by atomic mass is 9.47. The van der Waals surface area contributed by atoms with Gasteiger partial charge in [0, 0.05) is 0 Å². The average molecular weight is 373 g/mol. The van der Waals surface area contributed by atoms with E-state index >= 15 is 0 Å². The number of aliphatic hydroxyl groups is 2. The molecule has 3 unspecified atom stereocenters. The van der Waals surface area contributed by atoms with Crippen molar-refractivity contribution in [3.63, 3.8) is 0 Å². The van der Waals surface area contributed by atoms with Crippen LogP contribution >= 0.6 is 0 Å². The molecule has 3 fully saturated rings. The summed E-state index contributed by atoms with van der Waals surface area (Å²) in [5.41, 5.74) is 2.27. The molecule has 0 saturated heterocycles. The molecule has 152 valence electrons. The SMILES string of the molecule is C=CCC(C(C)O)C1CC[C@H]2[C@@H]3CC=C4C[C@@H](O)CC[C@]4(C)[C@H]3CC[C@]12C. The minimum absolute atomic E-state index is 0.115. The zero-order chi connectivity index (χ0) is 19.4. The van der Waals surface area contributed by atoms with E-state index in [9.17, 15) is 10.2 Å². The van der Waals surface area contributed by atoms with Crippen LogP contribution in [0, 0.1) is 40.4 Å². The third-order valence-corrected chi connectivity index (χ3v) is 9.73. The highest BCUT2D eigenvalue weighted by molar-refractivity contribution is 5.25. The highest BCUT2D eigenvalue weighted by atomic mass is 16.3. The summed E-state index contributed by atoms with van der Waals surface area (Å²) in [6.07, 6.45) is 14.7. The third-order valence-electron chi connectivity index (χ3n) is 9.73. The molecule has 4 aliphatic rings. The van der Waals surface area contributed by atoms with Crippen molar-refractivity contribution < 1.29 is 10.2 Å². The zero-order valence-corrected chi connectivity index (χ0v) is 17.7. The first-order valence-corrected chi connectivity index (χ1v) is 11.5. The van der Waals surface area contributed by atoms with Crippen molar-refractivity contribution in [2.75, 3.05) is 0 Å². The van der Waals surface area contributed by atoms with Crippen LogP contribution in [0.2, 0.25) is 0 Å². The van der Waals surface area contributed by atoms with Crippen LogP contribution in [0.15, 0.2) is 24.3 Å². The van der Waals surface area contributed by atoms with Gasteiger partial charge in [-0.05, 0) is 105 Å². The standard InChI is InChI=1S/C25H40O2/c1-5-6-19(16(2)26)21-9-10-22-20-8-7-17-15-18(27)11-13-24(17,3)23(20)12-14-25(21,22)4/h5,7,16,18-23,26-27H,1,6,8-15H2,2-4H3/t16?,18-,19?,20-,21?,22-,23-,24-,25+/m0/s1. The Morgan fingerprint density at radius 3 is 2.67 bits per heavy atom. The van der Waals surface area contributed by atoms with Crippen LogP contribution < -0.4 is 0 Å². The van der Waals surface area contributed by atoms with Gasteiger partial charge in [0.15, 0.2) is 0 Å². The minimum Gasteiger partial charge on any atom is -0.393 e. The summed E-state index contributed by atoms with van der Waals surface area (Å²) in [5.74, 6) is 3.40.